The summed E-state index contributed by atoms with van der Waals surface area (Å²) in [5, 5.41) is 7.69. The van der Waals surface area contributed by atoms with Crippen molar-refractivity contribution in [3.8, 4) is 11.5 Å². The predicted molar refractivity (Wildman–Crippen MR) is 173 cm³/mol. The minimum Gasteiger partial charge on any atom is -0.493 e. The zero-order valence-electron chi connectivity index (χ0n) is 24.8. The highest BCUT2D eigenvalue weighted by molar-refractivity contribution is 6.12. The van der Waals surface area contributed by atoms with Gasteiger partial charge in [0, 0.05) is 36.9 Å². The number of carbonyl (C=O) groups is 2. The number of amides is 2. The van der Waals surface area contributed by atoms with E-state index in [4.69, 9.17) is 9.47 Å². The zero-order valence-corrected chi connectivity index (χ0v) is 24.8. The standard InChI is InChI=1S/C36H34N4O4/c1-43-33-20-26-16-18-40(23-28(26)21-34(33)44-2)17-15-24-11-13-29(14-12-24)38-35(41)30-9-5-6-10-31(30)39-36(42)32-19-25-7-3-4-8-27(25)22-37-32/h3-14,19-22H,15-18,23H2,1-2H3,(H,38,41)(H,39,42). The number of nitrogens with zero attached hydrogens (tertiary/aromatic N) is 2. The average molecular weight is 587 g/mol. The Hall–Kier alpha value is -5.21. The first-order valence-electron chi connectivity index (χ1n) is 14.6. The van der Waals surface area contributed by atoms with E-state index in [1.807, 2.05) is 48.5 Å². The molecule has 1 aliphatic heterocycles. The third kappa shape index (κ3) is 6.40. The Kier molecular flexibility index (Phi) is 8.52. The van der Waals surface area contributed by atoms with Crippen molar-refractivity contribution in [1.29, 1.82) is 0 Å². The van der Waals surface area contributed by atoms with Crippen molar-refractivity contribution < 1.29 is 19.1 Å². The first kappa shape index (κ1) is 28.9. The Labute approximate surface area is 256 Å². The number of pyridine rings is 1. The Morgan fingerprint density at radius 3 is 2.27 bits per heavy atom. The lowest BCUT2D eigenvalue weighted by Crippen LogP contribution is -2.32. The molecule has 2 amide bonds. The third-order valence-corrected chi connectivity index (χ3v) is 8.01. The van der Waals surface area contributed by atoms with Gasteiger partial charge >= 0.3 is 0 Å². The second-order valence-corrected chi connectivity index (χ2v) is 10.8. The van der Waals surface area contributed by atoms with Gasteiger partial charge in [-0.3, -0.25) is 19.5 Å². The number of para-hydroxylation sites is 1. The molecule has 0 fully saturated rings. The van der Waals surface area contributed by atoms with Gasteiger partial charge in [-0.05, 0) is 77.4 Å². The number of benzene rings is 4. The SMILES string of the molecule is COc1cc2c(cc1OC)CN(CCc1ccc(NC(=O)c3ccccc3NC(=O)c3cc4ccccc4cn3)cc1)CC2. The lowest BCUT2D eigenvalue weighted by Gasteiger charge is -2.29. The van der Waals surface area contributed by atoms with Crippen LogP contribution in [0, 0.1) is 0 Å². The normalized spacial score (nSPS) is 12.8. The van der Waals surface area contributed by atoms with Crippen LogP contribution in [0.3, 0.4) is 0 Å². The molecule has 0 saturated heterocycles. The molecule has 2 heterocycles. The van der Waals surface area contributed by atoms with E-state index in [1.165, 1.54) is 16.7 Å². The number of ether oxygens (including phenoxy) is 2. The van der Waals surface area contributed by atoms with Gasteiger partial charge < -0.3 is 20.1 Å². The summed E-state index contributed by atoms with van der Waals surface area (Å²) < 4.78 is 11.0. The monoisotopic (exact) mass is 586 g/mol. The van der Waals surface area contributed by atoms with Crippen LogP contribution < -0.4 is 20.1 Å². The Morgan fingerprint density at radius 2 is 1.50 bits per heavy atom. The Balaban J connectivity index is 1.06. The molecule has 4 aromatic carbocycles. The second kappa shape index (κ2) is 13.0. The Morgan fingerprint density at radius 1 is 0.795 bits per heavy atom. The van der Waals surface area contributed by atoms with Crippen molar-refractivity contribution in [2.24, 2.45) is 0 Å². The fourth-order valence-electron chi connectivity index (χ4n) is 5.56. The van der Waals surface area contributed by atoms with Gasteiger partial charge in [0.25, 0.3) is 11.8 Å². The number of hydrogen-bond acceptors (Lipinski definition) is 6. The molecule has 0 aliphatic carbocycles. The molecule has 0 atom stereocenters. The molecule has 2 N–H and O–H groups in total. The summed E-state index contributed by atoms with van der Waals surface area (Å²) in [5.74, 6) is 0.853. The molecule has 0 unspecified atom stereocenters. The van der Waals surface area contributed by atoms with Crippen LogP contribution in [0.15, 0.2) is 97.2 Å². The van der Waals surface area contributed by atoms with E-state index >= 15 is 0 Å². The van der Waals surface area contributed by atoms with Crippen molar-refractivity contribution in [3.05, 3.63) is 125 Å². The van der Waals surface area contributed by atoms with E-state index in [1.54, 1.807) is 50.7 Å². The van der Waals surface area contributed by atoms with E-state index in [0.717, 1.165) is 54.7 Å². The molecule has 0 radical (unpaired) electrons. The lowest BCUT2D eigenvalue weighted by atomic mass is 9.98. The fraction of sp³-hybridized carbons (Fsp3) is 0.194. The molecule has 1 aliphatic rings. The van der Waals surface area contributed by atoms with E-state index in [2.05, 4.69) is 32.7 Å². The first-order valence-corrected chi connectivity index (χ1v) is 14.6. The molecule has 0 spiro atoms. The van der Waals surface area contributed by atoms with Crippen LogP contribution in [0.1, 0.15) is 37.5 Å². The molecular weight excluding hydrogens is 552 g/mol. The topological polar surface area (TPSA) is 92.8 Å². The van der Waals surface area contributed by atoms with Gasteiger partial charge in [0.2, 0.25) is 0 Å². The third-order valence-electron chi connectivity index (χ3n) is 8.01. The summed E-state index contributed by atoms with van der Waals surface area (Å²) in [6.45, 7) is 2.79. The van der Waals surface area contributed by atoms with E-state index < -0.39 is 0 Å². The summed E-state index contributed by atoms with van der Waals surface area (Å²) >= 11 is 0. The largest absolute Gasteiger partial charge is 0.493 e. The van der Waals surface area contributed by atoms with Crippen LogP contribution >= 0.6 is 0 Å². The zero-order chi connectivity index (χ0) is 30.5. The average Bonchev–Trinajstić information content (AvgIpc) is 3.07. The summed E-state index contributed by atoms with van der Waals surface area (Å²) in [4.78, 5) is 33.0. The number of nitrogens with one attached hydrogen (secondary N) is 2. The quantitative estimate of drug-likeness (QED) is 0.209. The smallest absolute Gasteiger partial charge is 0.274 e. The van der Waals surface area contributed by atoms with Crippen molar-refractivity contribution in [2.75, 3.05) is 37.9 Å². The molecule has 5 aromatic rings. The lowest BCUT2D eigenvalue weighted by molar-refractivity contribution is 0.102. The van der Waals surface area contributed by atoms with E-state index in [0.29, 0.717) is 16.9 Å². The van der Waals surface area contributed by atoms with Gasteiger partial charge in [-0.25, -0.2) is 0 Å². The Bertz CT molecular complexity index is 1820. The summed E-state index contributed by atoms with van der Waals surface area (Å²) in [6, 6.07) is 28.5. The van der Waals surface area contributed by atoms with Gasteiger partial charge in [0.1, 0.15) is 5.69 Å². The molecule has 222 valence electrons. The number of aromatic nitrogens is 1. The predicted octanol–water partition coefficient (Wildman–Crippen LogP) is 6.36. The number of anilines is 2. The van der Waals surface area contributed by atoms with Gasteiger partial charge in [-0.1, -0.05) is 48.5 Å². The summed E-state index contributed by atoms with van der Waals surface area (Å²) in [5.41, 5.74) is 5.53. The van der Waals surface area contributed by atoms with Crippen molar-refractivity contribution in [2.45, 2.75) is 19.4 Å². The highest BCUT2D eigenvalue weighted by Gasteiger charge is 2.20. The maximum atomic E-state index is 13.2. The first-order chi connectivity index (χ1) is 21.5. The van der Waals surface area contributed by atoms with Crippen LogP contribution in [-0.4, -0.2) is 49.0 Å². The minimum atomic E-state index is -0.378. The second-order valence-electron chi connectivity index (χ2n) is 10.8. The molecule has 0 bridgehead atoms. The number of rotatable bonds is 9. The molecule has 8 heteroatoms. The summed E-state index contributed by atoms with van der Waals surface area (Å²) in [6.07, 6.45) is 3.54. The van der Waals surface area contributed by atoms with Crippen molar-refractivity contribution in [3.63, 3.8) is 0 Å². The number of methoxy groups -OCH3 is 2. The van der Waals surface area contributed by atoms with Crippen molar-refractivity contribution in [1.82, 2.24) is 9.88 Å². The maximum Gasteiger partial charge on any atom is 0.274 e. The highest BCUT2D eigenvalue weighted by Crippen LogP contribution is 2.33. The van der Waals surface area contributed by atoms with Crippen molar-refractivity contribution >= 4 is 34.0 Å². The minimum absolute atomic E-state index is 0.281. The molecule has 44 heavy (non-hydrogen) atoms. The van der Waals surface area contributed by atoms with Crippen LogP contribution in [0.4, 0.5) is 11.4 Å². The van der Waals surface area contributed by atoms with Gasteiger partial charge in [-0.2, -0.15) is 0 Å². The fourth-order valence-corrected chi connectivity index (χ4v) is 5.56. The molecule has 1 aromatic heterocycles. The van der Waals surface area contributed by atoms with Crippen LogP contribution in [0.25, 0.3) is 10.8 Å². The van der Waals surface area contributed by atoms with Crippen LogP contribution in [0.5, 0.6) is 11.5 Å². The number of hydrogen-bond donors (Lipinski definition) is 2. The van der Waals surface area contributed by atoms with Crippen LogP contribution in [-0.2, 0) is 19.4 Å². The van der Waals surface area contributed by atoms with Gasteiger partial charge in [0.15, 0.2) is 11.5 Å². The van der Waals surface area contributed by atoms with Gasteiger partial charge in [0.05, 0.1) is 25.5 Å². The molecular formula is C36H34N4O4. The number of fused-ring (bicyclic) bond motifs is 2. The van der Waals surface area contributed by atoms with Crippen LogP contribution in [0.2, 0.25) is 0 Å². The van der Waals surface area contributed by atoms with Gasteiger partial charge in [-0.15, -0.1) is 0 Å². The summed E-state index contributed by atoms with van der Waals surface area (Å²) in [7, 11) is 3.33. The van der Waals surface area contributed by atoms with E-state index in [9.17, 15) is 9.59 Å². The molecule has 6 rings (SSSR count). The maximum absolute atomic E-state index is 13.2. The van der Waals surface area contributed by atoms with E-state index in [-0.39, 0.29) is 17.5 Å². The highest BCUT2D eigenvalue weighted by atomic mass is 16.5. The number of carbonyl (C=O) groups excluding carboxylic acids is 2. The molecule has 0 saturated carbocycles. The molecule has 8 nitrogen and oxygen atoms in total.